The van der Waals surface area contributed by atoms with Crippen LogP contribution < -0.4 is 16.4 Å². The quantitative estimate of drug-likeness (QED) is 0.156. The number of hydrogen-bond acceptors (Lipinski definition) is 0. The summed E-state index contributed by atoms with van der Waals surface area (Å²) in [4.78, 5) is 0. The lowest BCUT2D eigenvalue weighted by molar-refractivity contribution is 0.743. The fraction of sp³-hybridized carbons (Fsp3) is 0.143. The van der Waals surface area contributed by atoms with Crippen molar-refractivity contribution in [2.45, 2.75) is 58.8 Å². The maximum Gasteiger partial charge on any atom is 0.253 e. The lowest BCUT2D eigenvalue weighted by atomic mass is 9.33. The van der Waals surface area contributed by atoms with Gasteiger partial charge in [0.15, 0.2) is 0 Å². The van der Waals surface area contributed by atoms with E-state index in [9.17, 15) is 0 Å². The Hall–Kier alpha value is -7.36. The molecule has 0 fully saturated rings. The molecule has 66 heavy (non-hydrogen) atoms. The Kier molecular flexibility index (Phi) is 6.99. The smallest absolute Gasteiger partial charge is 0.253 e. The van der Waals surface area contributed by atoms with Gasteiger partial charge in [-0.2, -0.15) is 0 Å². The average molecular weight is 843 g/mol. The van der Waals surface area contributed by atoms with Crippen molar-refractivity contribution < 1.29 is 0 Å². The van der Waals surface area contributed by atoms with Gasteiger partial charge in [0.1, 0.15) is 0 Å². The number of nitrogens with zero attached hydrogens (tertiary/aromatic N) is 2. The van der Waals surface area contributed by atoms with Crippen molar-refractivity contribution >= 4 is 66.6 Å². The third-order valence-corrected chi connectivity index (χ3v) is 16.4. The Balaban J connectivity index is 1.23. The maximum atomic E-state index is 2.77. The molecule has 0 saturated carbocycles. The number of hydrogen-bond donors (Lipinski definition) is 0. The van der Waals surface area contributed by atoms with Crippen molar-refractivity contribution in [2.75, 3.05) is 0 Å². The fourth-order valence-corrected chi connectivity index (χ4v) is 13.5. The first-order chi connectivity index (χ1) is 32.2. The van der Waals surface area contributed by atoms with Crippen molar-refractivity contribution in [3.8, 4) is 44.9 Å². The number of benzene rings is 9. The molecule has 3 aliphatic heterocycles. The third kappa shape index (κ3) is 4.27. The normalized spacial score (nSPS) is 14.3. The van der Waals surface area contributed by atoms with Crippen LogP contribution in [0.2, 0.25) is 0 Å². The molecule has 2 aromatic heterocycles. The monoisotopic (exact) mass is 842 g/mol. The van der Waals surface area contributed by atoms with Gasteiger partial charge in [0.2, 0.25) is 0 Å². The van der Waals surface area contributed by atoms with Gasteiger partial charge in [-0.25, -0.2) is 0 Å². The Bertz CT molecular complexity index is 3960. The molecule has 0 radical (unpaired) electrons. The second kappa shape index (κ2) is 12.5. The van der Waals surface area contributed by atoms with E-state index in [2.05, 4.69) is 214 Å². The predicted octanol–water partition coefficient (Wildman–Crippen LogP) is 13.9. The van der Waals surface area contributed by atoms with Crippen molar-refractivity contribution in [1.29, 1.82) is 0 Å². The van der Waals surface area contributed by atoms with Crippen LogP contribution in [0.25, 0.3) is 88.4 Å². The molecule has 11 aromatic rings. The zero-order chi connectivity index (χ0) is 44.1. The summed E-state index contributed by atoms with van der Waals surface area (Å²) in [7, 11) is 0. The SMILES string of the molecule is Cc1ccc(-c2c(-c3ccc(C)cc3)n3c4c(c5ccccc5cc24)B2c4c-3ccc3c4-n4c5c2cc(C(C)C)cc5c2cc(C(C)C)cc(c24)C32c3ccccc3-c3ccccc32)cc1. The van der Waals surface area contributed by atoms with E-state index in [0.717, 1.165) is 0 Å². The number of aromatic nitrogens is 2. The van der Waals surface area contributed by atoms with E-state index in [4.69, 9.17) is 0 Å². The van der Waals surface area contributed by atoms with Crippen LogP contribution in [-0.2, 0) is 5.41 Å². The largest absolute Gasteiger partial charge is 0.310 e. The summed E-state index contributed by atoms with van der Waals surface area (Å²) in [6.07, 6.45) is 0. The van der Waals surface area contributed by atoms with Crippen LogP contribution in [0.15, 0.2) is 164 Å². The molecule has 5 heterocycles. The Morgan fingerprint density at radius 1 is 0.455 bits per heavy atom. The molecule has 0 N–H and O–H groups in total. The highest BCUT2D eigenvalue weighted by Crippen LogP contribution is 2.62. The minimum Gasteiger partial charge on any atom is -0.310 e. The Morgan fingerprint density at radius 3 is 1.74 bits per heavy atom. The van der Waals surface area contributed by atoms with E-state index < -0.39 is 5.41 Å². The third-order valence-electron chi connectivity index (χ3n) is 16.4. The second-order valence-corrected chi connectivity index (χ2v) is 20.5. The molecule has 4 aliphatic rings. The predicted molar refractivity (Wildman–Crippen MR) is 279 cm³/mol. The Morgan fingerprint density at radius 2 is 1.06 bits per heavy atom. The molecule has 15 rings (SSSR count). The molecule has 0 atom stereocenters. The standard InChI is InChI=1S/C63H47BN2/c1-34(2)41-30-46-47-31-42(35(3)4)33-53-60(47)66-59(46)52(32-41)63(49-17-11-9-15-44(49)45-16-10-12-18-50(45)63)51-27-28-54-57(62(51)66)64(53)56-43-14-8-7-13-40(43)29-48-55(38-23-19-36(5)20-24-38)58(65(54)61(48)56)39-25-21-37(6)22-26-39/h7-35H,1-6H3. The molecular weight excluding hydrogens is 796 g/mol. The van der Waals surface area contributed by atoms with Gasteiger partial charge in [-0.15, -0.1) is 0 Å². The molecule has 1 aliphatic carbocycles. The van der Waals surface area contributed by atoms with Crippen LogP contribution in [0.4, 0.5) is 0 Å². The summed E-state index contributed by atoms with van der Waals surface area (Å²) in [5, 5.41) is 6.69. The molecule has 0 unspecified atom stereocenters. The average Bonchev–Trinajstić information content (AvgIpc) is 3.96. The lowest BCUT2D eigenvalue weighted by Crippen LogP contribution is -2.60. The highest BCUT2D eigenvalue weighted by Gasteiger charge is 2.54. The number of aryl methyl sites for hydroxylation is 2. The van der Waals surface area contributed by atoms with Gasteiger partial charge in [-0.05, 0) is 133 Å². The van der Waals surface area contributed by atoms with Gasteiger partial charge in [0, 0.05) is 38.6 Å². The van der Waals surface area contributed by atoms with E-state index in [0.29, 0.717) is 11.8 Å². The van der Waals surface area contributed by atoms with Crippen LogP contribution in [0.1, 0.15) is 84.0 Å². The van der Waals surface area contributed by atoms with E-state index in [1.165, 1.54) is 149 Å². The number of rotatable bonds is 4. The van der Waals surface area contributed by atoms with Crippen molar-refractivity contribution in [1.82, 2.24) is 9.13 Å². The van der Waals surface area contributed by atoms with E-state index >= 15 is 0 Å². The van der Waals surface area contributed by atoms with Crippen molar-refractivity contribution in [2.24, 2.45) is 0 Å². The van der Waals surface area contributed by atoms with Gasteiger partial charge < -0.3 is 9.13 Å². The first kappa shape index (κ1) is 36.9. The van der Waals surface area contributed by atoms with Gasteiger partial charge in [-0.1, -0.05) is 178 Å². The van der Waals surface area contributed by atoms with Gasteiger partial charge in [-0.3, -0.25) is 0 Å². The molecule has 9 aromatic carbocycles. The zero-order valence-corrected chi connectivity index (χ0v) is 38.2. The van der Waals surface area contributed by atoms with Crippen LogP contribution >= 0.6 is 0 Å². The van der Waals surface area contributed by atoms with Crippen LogP contribution in [0.5, 0.6) is 0 Å². The molecule has 0 amide bonds. The molecule has 0 saturated heterocycles. The minimum absolute atomic E-state index is 0.00393. The molecule has 0 bridgehead atoms. The van der Waals surface area contributed by atoms with Crippen molar-refractivity contribution in [3.63, 3.8) is 0 Å². The van der Waals surface area contributed by atoms with Gasteiger partial charge in [0.05, 0.1) is 22.1 Å². The maximum absolute atomic E-state index is 2.77. The fourth-order valence-electron chi connectivity index (χ4n) is 13.5. The minimum atomic E-state index is -0.522. The topological polar surface area (TPSA) is 9.86 Å². The highest BCUT2D eigenvalue weighted by molar-refractivity contribution is 7.01. The summed E-state index contributed by atoms with van der Waals surface area (Å²) >= 11 is 0. The molecule has 312 valence electrons. The summed E-state index contributed by atoms with van der Waals surface area (Å²) in [5.74, 6) is 0.716. The Labute approximate surface area is 385 Å². The first-order valence-electron chi connectivity index (χ1n) is 24.0. The summed E-state index contributed by atoms with van der Waals surface area (Å²) < 4.78 is 5.48. The highest BCUT2D eigenvalue weighted by atomic mass is 15.1. The number of fused-ring (bicyclic) bond motifs is 13. The summed E-state index contributed by atoms with van der Waals surface area (Å²) in [6, 6.07) is 64.4. The van der Waals surface area contributed by atoms with E-state index in [1.807, 2.05) is 0 Å². The molecule has 1 spiro atoms. The van der Waals surface area contributed by atoms with Crippen LogP contribution in [0, 0.1) is 13.8 Å². The molecule has 2 nitrogen and oxygen atoms in total. The van der Waals surface area contributed by atoms with Crippen LogP contribution in [0.3, 0.4) is 0 Å². The molecular formula is C63H47BN2. The summed E-state index contributed by atoms with van der Waals surface area (Å²) in [5.41, 5.74) is 29.1. The molecule has 3 heteroatoms. The van der Waals surface area contributed by atoms with E-state index in [1.54, 1.807) is 0 Å². The first-order valence-corrected chi connectivity index (χ1v) is 24.0. The van der Waals surface area contributed by atoms with E-state index in [-0.39, 0.29) is 6.71 Å². The lowest BCUT2D eigenvalue weighted by Gasteiger charge is -2.44. The zero-order valence-electron chi connectivity index (χ0n) is 38.2. The van der Waals surface area contributed by atoms with Gasteiger partial charge >= 0.3 is 0 Å². The second-order valence-electron chi connectivity index (χ2n) is 20.5. The van der Waals surface area contributed by atoms with Crippen LogP contribution in [-0.4, -0.2) is 15.8 Å². The summed E-state index contributed by atoms with van der Waals surface area (Å²) in [6.45, 7) is 13.9. The van der Waals surface area contributed by atoms with Gasteiger partial charge in [0.25, 0.3) is 6.71 Å². The van der Waals surface area contributed by atoms with Crippen molar-refractivity contribution in [3.05, 3.63) is 208 Å².